The van der Waals surface area contributed by atoms with E-state index in [1.807, 2.05) is 12.1 Å². The van der Waals surface area contributed by atoms with Gasteiger partial charge in [0.15, 0.2) is 11.5 Å². The van der Waals surface area contributed by atoms with Gasteiger partial charge in [-0.05, 0) is 71.3 Å². The highest BCUT2D eigenvalue weighted by Crippen LogP contribution is 2.46. The molecule has 2 N–H and O–H groups in total. The highest BCUT2D eigenvalue weighted by atomic mass is 35.5. The van der Waals surface area contributed by atoms with E-state index in [1.54, 1.807) is 20.3 Å². The van der Waals surface area contributed by atoms with E-state index in [4.69, 9.17) is 25.6 Å². The van der Waals surface area contributed by atoms with Crippen LogP contribution in [0.15, 0.2) is 24.3 Å². The van der Waals surface area contributed by atoms with Gasteiger partial charge in [-0.3, -0.25) is 9.45 Å². The fraction of sp³-hybridized carbons (Fsp3) is 0.391. The largest absolute Gasteiger partial charge is 0.506 e. The van der Waals surface area contributed by atoms with Crippen molar-refractivity contribution in [2.45, 2.75) is 31.8 Å². The lowest BCUT2D eigenvalue weighted by atomic mass is 9.85. The van der Waals surface area contributed by atoms with E-state index in [1.165, 1.54) is 24.0 Å². The van der Waals surface area contributed by atoms with E-state index in [2.05, 4.69) is 11.0 Å². The fourth-order valence-electron chi connectivity index (χ4n) is 4.93. The summed E-state index contributed by atoms with van der Waals surface area (Å²) in [6.07, 6.45) is 4.24. The molecule has 0 unspecified atom stereocenters. The number of hydrogen-bond acceptors (Lipinski definition) is 6. The van der Waals surface area contributed by atoms with Crippen molar-refractivity contribution in [1.82, 2.24) is 4.90 Å². The van der Waals surface area contributed by atoms with Crippen LogP contribution in [0.1, 0.15) is 24.0 Å². The number of ether oxygens (including phenoxy) is 2. The first-order valence-electron chi connectivity index (χ1n) is 10.3. The van der Waals surface area contributed by atoms with E-state index in [0.717, 1.165) is 41.1 Å². The number of fused-ring (bicyclic) bond motifs is 7. The number of benzene rings is 3. The van der Waals surface area contributed by atoms with Gasteiger partial charge in [-0.1, -0.05) is 17.7 Å². The molecule has 1 fully saturated rings. The molecular formula is C23H26ClNO6S. The smallest absolute Gasteiger partial charge is 0.261 e. The number of aromatic hydroxyl groups is 1. The number of methoxy groups -OCH3 is 2. The first kappa shape index (κ1) is 22.9. The molecule has 32 heavy (non-hydrogen) atoms. The van der Waals surface area contributed by atoms with Crippen LogP contribution in [-0.4, -0.2) is 56.0 Å². The third kappa shape index (κ3) is 4.20. The van der Waals surface area contributed by atoms with Crippen molar-refractivity contribution in [1.29, 1.82) is 0 Å². The number of halogens is 1. The third-order valence-corrected chi connectivity index (χ3v) is 6.61. The van der Waals surface area contributed by atoms with E-state index in [9.17, 15) is 13.5 Å². The Morgan fingerprint density at radius 3 is 2.31 bits per heavy atom. The number of hydrogen-bond donors (Lipinski definition) is 2. The van der Waals surface area contributed by atoms with Gasteiger partial charge in [-0.15, -0.1) is 0 Å². The van der Waals surface area contributed by atoms with Crippen LogP contribution < -0.4 is 9.47 Å². The molecule has 2 aliphatic rings. The van der Waals surface area contributed by atoms with Crippen LogP contribution in [-0.2, 0) is 23.1 Å². The second kappa shape index (κ2) is 8.59. The Balaban J connectivity index is 0.000000444. The van der Waals surface area contributed by atoms with Crippen LogP contribution in [0.4, 0.5) is 0 Å². The van der Waals surface area contributed by atoms with Crippen molar-refractivity contribution in [3.05, 3.63) is 40.4 Å². The normalized spacial score (nSPS) is 18.1. The van der Waals surface area contributed by atoms with Gasteiger partial charge in [0.1, 0.15) is 5.75 Å². The van der Waals surface area contributed by atoms with Gasteiger partial charge < -0.3 is 14.6 Å². The minimum atomic E-state index is -3.67. The summed E-state index contributed by atoms with van der Waals surface area (Å²) in [4.78, 5) is 2.59. The zero-order chi connectivity index (χ0) is 23.2. The maximum absolute atomic E-state index is 10.3. The van der Waals surface area contributed by atoms with Crippen molar-refractivity contribution in [2.24, 2.45) is 0 Å². The summed E-state index contributed by atoms with van der Waals surface area (Å²) >= 11 is 6.60. The van der Waals surface area contributed by atoms with Crippen LogP contribution in [0.5, 0.6) is 17.2 Å². The number of phenolic OH excluding ortho intramolecular Hbond substituents is 1. The quantitative estimate of drug-likeness (QED) is 0.415. The molecule has 5 rings (SSSR count). The highest BCUT2D eigenvalue weighted by Gasteiger charge is 2.33. The minimum absolute atomic E-state index is 0.110. The summed E-state index contributed by atoms with van der Waals surface area (Å²) in [5.41, 5.74) is 2.70. The van der Waals surface area contributed by atoms with Crippen LogP contribution in [0, 0.1) is 0 Å². The predicted molar refractivity (Wildman–Crippen MR) is 126 cm³/mol. The van der Waals surface area contributed by atoms with Gasteiger partial charge in [0, 0.05) is 18.0 Å². The monoisotopic (exact) mass is 479 g/mol. The maximum Gasteiger partial charge on any atom is 0.261 e. The number of rotatable bonds is 2. The predicted octanol–water partition coefficient (Wildman–Crippen LogP) is 4.39. The van der Waals surface area contributed by atoms with E-state index in [-0.39, 0.29) is 5.75 Å². The molecule has 9 heteroatoms. The Morgan fingerprint density at radius 2 is 1.69 bits per heavy atom. The molecule has 0 spiro atoms. The number of phenols is 1. The molecule has 7 nitrogen and oxygen atoms in total. The second-order valence-electron chi connectivity index (χ2n) is 8.23. The summed E-state index contributed by atoms with van der Waals surface area (Å²) in [6.45, 7) is 2.10. The Kier molecular flexibility index (Phi) is 6.15. The van der Waals surface area contributed by atoms with Crippen molar-refractivity contribution < 1.29 is 27.6 Å². The average molecular weight is 480 g/mol. The van der Waals surface area contributed by atoms with Crippen molar-refractivity contribution in [3.63, 3.8) is 0 Å². The zero-order valence-electron chi connectivity index (χ0n) is 18.2. The van der Waals surface area contributed by atoms with E-state index < -0.39 is 10.1 Å². The topological polar surface area (TPSA) is 96.3 Å². The van der Waals surface area contributed by atoms with Crippen molar-refractivity contribution in [3.8, 4) is 17.2 Å². The summed E-state index contributed by atoms with van der Waals surface area (Å²) in [5.74, 6) is 1.49. The van der Waals surface area contributed by atoms with Crippen LogP contribution in [0.2, 0.25) is 5.02 Å². The zero-order valence-corrected chi connectivity index (χ0v) is 19.8. The van der Waals surface area contributed by atoms with Crippen molar-refractivity contribution >= 4 is 43.3 Å². The molecule has 0 radical (unpaired) electrons. The molecule has 2 aliphatic heterocycles. The molecule has 1 saturated heterocycles. The minimum Gasteiger partial charge on any atom is -0.506 e. The lowest BCUT2D eigenvalue weighted by Gasteiger charge is -2.33. The molecule has 1 atom stereocenters. The highest BCUT2D eigenvalue weighted by molar-refractivity contribution is 7.85. The van der Waals surface area contributed by atoms with Gasteiger partial charge >= 0.3 is 0 Å². The Bertz CT molecular complexity index is 1300. The Hall–Kier alpha value is -2.26. The summed E-state index contributed by atoms with van der Waals surface area (Å²) in [6, 6.07) is 8.36. The van der Waals surface area contributed by atoms with Gasteiger partial charge in [-0.2, -0.15) is 8.42 Å². The SMILES string of the molecule is COc1cc2c3c(c4ccc(O)c(Cl)c4c2cc1OC)C[C@@H]1CCCN1C3.CS(=O)(=O)O. The fourth-order valence-corrected chi connectivity index (χ4v) is 5.19. The Morgan fingerprint density at radius 1 is 1.06 bits per heavy atom. The molecule has 0 aliphatic carbocycles. The molecular weight excluding hydrogens is 454 g/mol. The van der Waals surface area contributed by atoms with Crippen molar-refractivity contribution in [2.75, 3.05) is 27.0 Å². The molecule has 3 aromatic carbocycles. The summed E-state index contributed by atoms with van der Waals surface area (Å²) < 4.78 is 37.0. The maximum atomic E-state index is 10.3. The molecule has 0 bridgehead atoms. The summed E-state index contributed by atoms with van der Waals surface area (Å²) in [7, 11) is -0.370. The first-order chi connectivity index (χ1) is 15.1. The standard InChI is InChI=1S/C22H22ClNO3.CH4O3S/c1-26-19-9-15-16(10-20(19)27-2)21-13(5-6-18(25)22(21)23)14-8-12-4-3-7-24(12)11-17(14)15;1-5(2,3)4/h5-6,9-10,12,25H,3-4,7-8,11H2,1-2H3;1H3,(H,2,3,4)/t12-;/m0./s1. The van der Waals surface area contributed by atoms with Gasteiger partial charge in [0.25, 0.3) is 10.1 Å². The lowest BCUT2D eigenvalue weighted by Crippen LogP contribution is -2.35. The molecule has 2 heterocycles. The average Bonchev–Trinajstić information content (AvgIpc) is 3.20. The molecule has 0 saturated carbocycles. The molecule has 0 aromatic heterocycles. The molecule has 3 aromatic rings. The van der Waals surface area contributed by atoms with Crippen LogP contribution in [0.25, 0.3) is 21.5 Å². The van der Waals surface area contributed by atoms with E-state index >= 15 is 0 Å². The number of nitrogens with zero attached hydrogens (tertiary/aromatic N) is 1. The van der Waals surface area contributed by atoms with Crippen LogP contribution in [0.3, 0.4) is 0 Å². The molecule has 0 amide bonds. The van der Waals surface area contributed by atoms with Gasteiger partial charge in [0.05, 0.1) is 25.5 Å². The Labute approximate surface area is 192 Å². The van der Waals surface area contributed by atoms with Gasteiger partial charge in [0.2, 0.25) is 0 Å². The second-order valence-corrected chi connectivity index (χ2v) is 10.1. The molecule has 172 valence electrons. The van der Waals surface area contributed by atoms with Gasteiger partial charge in [-0.25, -0.2) is 0 Å². The van der Waals surface area contributed by atoms with E-state index in [0.29, 0.717) is 28.8 Å². The summed E-state index contributed by atoms with van der Waals surface area (Å²) in [5, 5.41) is 14.8. The third-order valence-electron chi connectivity index (χ3n) is 6.23. The van der Waals surface area contributed by atoms with Crippen LogP contribution >= 0.6 is 11.6 Å². The lowest BCUT2D eigenvalue weighted by molar-refractivity contribution is 0.229. The first-order valence-corrected chi connectivity index (χ1v) is 12.5.